The second kappa shape index (κ2) is 8.28. The summed E-state index contributed by atoms with van der Waals surface area (Å²) in [5, 5.41) is 15.4. The second-order valence-electron chi connectivity index (χ2n) is 8.44. The molecule has 0 aromatic heterocycles. The van der Waals surface area contributed by atoms with E-state index in [0.717, 1.165) is 15.6 Å². The van der Waals surface area contributed by atoms with Gasteiger partial charge < -0.3 is 10.1 Å². The molecule has 1 spiro atoms. The third-order valence-corrected chi connectivity index (χ3v) is 7.20. The number of amides is 1. The maximum absolute atomic E-state index is 13.3. The highest BCUT2D eigenvalue weighted by atomic mass is 79.9. The van der Waals surface area contributed by atoms with Crippen molar-refractivity contribution in [2.75, 3.05) is 18.9 Å². The summed E-state index contributed by atoms with van der Waals surface area (Å²) in [7, 11) is 1.78. The Balaban J connectivity index is 1.54. The van der Waals surface area contributed by atoms with Crippen LogP contribution in [0.5, 0.6) is 5.75 Å². The number of nitrogens with one attached hydrogen (secondary N) is 1. The van der Waals surface area contributed by atoms with Gasteiger partial charge >= 0.3 is 0 Å². The van der Waals surface area contributed by atoms with Gasteiger partial charge in [-0.25, -0.2) is 0 Å². The molecule has 7 nitrogen and oxygen atoms in total. The molecule has 33 heavy (non-hydrogen) atoms. The molecule has 1 amide bonds. The first-order chi connectivity index (χ1) is 15.9. The van der Waals surface area contributed by atoms with Crippen LogP contribution in [-0.2, 0) is 16.9 Å². The predicted molar refractivity (Wildman–Crippen MR) is 128 cm³/mol. The molecule has 0 unspecified atom stereocenters. The van der Waals surface area contributed by atoms with Gasteiger partial charge in [0.05, 0.1) is 5.92 Å². The van der Waals surface area contributed by atoms with Crippen LogP contribution in [0.3, 0.4) is 0 Å². The molecular formula is C25H22BrN3O4. The van der Waals surface area contributed by atoms with Crippen molar-refractivity contribution in [3.63, 3.8) is 0 Å². The Morgan fingerprint density at radius 1 is 1.12 bits per heavy atom. The molecule has 1 fully saturated rings. The number of ether oxygens (including phenoxy) is 1. The maximum atomic E-state index is 13.3. The second-order valence-corrected chi connectivity index (χ2v) is 9.35. The fourth-order valence-corrected chi connectivity index (χ4v) is 5.49. The number of halogens is 1. The van der Waals surface area contributed by atoms with Crippen LogP contribution >= 0.6 is 15.9 Å². The Bertz CT molecular complexity index is 1230. The van der Waals surface area contributed by atoms with Crippen LogP contribution in [0.25, 0.3) is 0 Å². The van der Waals surface area contributed by atoms with Gasteiger partial charge in [0.15, 0.2) is 5.54 Å². The van der Waals surface area contributed by atoms with Gasteiger partial charge in [-0.05, 0) is 36.9 Å². The van der Waals surface area contributed by atoms with Crippen LogP contribution in [0.1, 0.15) is 22.6 Å². The Labute approximate surface area is 199 Å². The van der Waals surface area contributed by atoms with Crippen molar-refractivity contribution in [1.29, 1.82) is 0 Å². The van der Waals surface area contributed by atoms with Crippen molar-refractivity contribution in [3.8, 4) is 5.75 Å². The molecule has 5 rings (SSSR count). The van der Waals surface area contributed by atoms with Crippen molar-refractivity contribution in [2.24, 2.45) is 0 Å². The average molecular weight is 508 g/mol. The minimum atomic E-state index is -1.37. The van der Waals surface area contributed by atoms with Crippen LogP contribution in [0.2, 0.25) is 0 Å². The summed E-state index contributed by atoms with van der Waals surface area (Å²) in [6.45, 7) is 0.691. The standard InChI is InChI=1S/C25H22BrN3O4/c1-28-14-19(18-6-2-5-9-22(18)33-15-16-10-12-17(26)13-11-16)23(29(31)32)25(28)20-7-3-4-8-21(20)27-24(25)30/h2-13,19,23H,14-15H2,1H3,(H,27,30)/t19-,23+,25+/m1/s1. The number of likely N-dealkylation sites (tertiary alicyclic amines) is 1. The summed E-state index contributed by atoms with van der Waals surface area (Å²) >= 11 is 3.43. The normalized spacial score (nSPS) is 24.0. The SMILES string of the molecule is CN1C[C@H](c2ccccc2OCc2ccc(Br)cc2)[C@H]([N+](=O)[O-])[C@@]12C(=O)Nc1ccccc12. The number of likely N-dealkylation sites (N-methyl/N-ethyl adjacent to an activating group) is 1. The maximum Gasteiger partial charge on any atom is 0.256 e. The van der Waals surface area contributed by atoms with Crippen molar-refractivity contribution in [2.45, 2.75) is 24.1 Å². The first kappa shape index (κ1) is 21.6. The van der Waals surface area contributed by atoms with E-state index >= 15 is 0 Å². The lowest BCUT2D eigenvalue weighted by Crippen LogP contribution is -2.54. The van der Waals surface area contributed by atoms with Gasteiger partial charge in [0, 0.05) is 32.8 Å². The van der Waals surface area contributed by atoms with Crippen LogP contribution in [0.15, 0.2) is 77.3 Å². The molecule has 2 aliphatic rings. The number of rotatable bonds is 5. The minimum absolute atomic E-state index is 0.304. The molecule has 1 N–H and O–H groups in total. The molecule has 2 heterocycles. The lowest BCUT2D eigenvalue weighted by atomic mass is 9.79. The van der Waals surface area contributed by atoms with Crippen LogP contribution in [0, 0.1) is 10.1 Å². The highest BCUT2D eigenvalue weighted by Gasteiger charge is 2.68. The van der Waals surface area contributed by atoms with E-state index in [9.17, 15) is 14.9 Å². The van der Waals surface area contributed by atoms with E-state index in [1.54, 1.807) is 19.2 Å². The third kappa shape index (κ3) is 3.41. The van der Waals surface area contributed by atoms with Gasteiger partial charge in [0.1, 0.15) is 12.4 Å². The molecular weight excluding hydrogens is 486 g/mol. The summed E-state index contributed by atoms with van der Waals surface area (Å²) < 4.78 is 7.11. The van der Waals surface area contributed by atoms with E-state index < -0.39 is 17.5 Å². The van der Waals surface area contributed by atoms with Gasteiger partial charge in [0.2, 0.25) is 0 Å². The molecule has 0 radical (unpaired) electrons. The monoisotopic (exact) mass is 507 g/mol. The number of nitro groups is 1. The minimum Gasteiger partial charge on any atom is -0.489 e. The molecule has 3 atom stereocenters. The van der Waals surface area contributed by atoms with Gasteiger partial charge in [-0.15, -0.1) is 0 Å². The fraction of sp³-hybridized carbons (Fsp3) is 0.240. The Morgan fingerprint density at radius 2 is 1.82 bits per heavy atom. The summed E-state index contributed by atoms with van der Waals surface area (Å²) in [6.07, 6.45) is 0. The lowest BCUT2D eigenvalue weighted by Gasteiger charge is -2.30. The number of benzene rings is 3. The summed E-state index contributed by atoms with van der Waals surface area (Å²) in [5.74, 6) is -0.291. The van der Waals surface area contributed by atoms with Gasteiger partial charge in [-0.2, -0.15) is 0 Å². The number of fused-ring (bicyclic) bond motifs is 2. The fourth-order valence-electron chi connectivity index (χ4n) is 5.22. The molecule has 2 aliphatic heterocycles. The summed E-state index contributed by atoms with van der Waals surface area (Å²) in [4.78, 5) is 27.3. The number of hydrogen-bond acceptors (Lipinski definition) is 5. The number of para-hydroxylation sites is 2. The smallest absolute Gasteiger partial charge is 0.256 e. The Hall–Kier alpha value is -3.23. The average Bonchev–Trinajstić information content (AvgIpc) is 3.28. The molecule has 0 bridgehead atoms. The Morgan fingerprint density at radius 3 is 2.58 bits per heavy atom. The van der Waals surface area contributed by atoms with Gasteiger partial charge in [-0.3, -0.25) is 19.8 Å². The van der Waals surface area contributed by atoms with Crippen molar-refractivity contribution >= 4 is 27.5 Å². The van der Waals surface area contributed by atoms with Gasteiger partial charge in [-0.1, -0.05) is 64.5 Å². The Kier molecular flexibility index (Phi) is 5.42. The zero-order chi connectivity index (χ0) is 23.2. The number of nitrogens with zero attached hydrogens (tertiary/aromatic N) is 2. The van der Waals surface area contributed by atoms with Crippen LogP contribution in [-0.4, -0.2) is 35.4 Å². The van der Waals surface area contributed by atoms with E-state index in [4.69, 9.17) is 4.74 Å². The number of hydrogen-bond donors (Lipinski definition) is 1. The molecule has 3 aromatic rings. The van der Waals surface area contributed by atoms with E-state index in [0.29, 0.717) is 30.2 Å². The molecule has 0 saturated carbocycles. The van der Waals surface area contributed by atoms with Gasteiger partial charge in [0.25, 0.3) is 11.9 Å². The largest absolute Gasteiger partial charge is 0.489 e. The molecule has 1 saturated heterocycles. The number of carbonyl (C=O) groups is 1. The molecule has 3 aromatic carbocycles. The van der Waals surface area contributed by atoms with Crippen LogP contribution < -0.4 is 10.1 Å². The lowest BCUT2D eigenvalue weighted by molar-refractivity contribution is -0.534. The van der Waals surface area contributed by atoms with E-state index in [2.05, 4.69) is 21.2 Å². The number of anilines is 1. The highest BCUT2D eigenvalue weighted by Crippen LogP contribution is 2.52. The predicted octanol–water partition coefficient (Wildman–Crippen LogP) is 4.55. The summed E-state index contributed by atoms with van der Waals surface area (Å²) in [5.41, 5.74) is 1.63. The van der Waals surface area contributed by atoms with Crippen molar-refractivity contribution in [3.05, 3.63) is 104 Å². The zero-order valence-corrected chi connectivity index (χ0v) is 19.5. The van der Waals surface area contributed by atoms with E-state index in [1.165, 1.54) is 0 Å². The molecule has 8 heteroatoms. The first-order valence-electron chi connectivity index (χ1n) is 10.6. The van der Waals surface area contributed by atoms with Crippen molar-refractivity contribution in [1.82, 2.24) is 4.90 Å². The summed E-state index contributed by atoms with van der Waals surface area (Å²) in [6, 6.07) is 21.3. The third-order valence-electron chi connectivity index (χ3n) is 6.67. The van der Waals surface area contributed by atoms with Crippen molar-refractivity contribution < 1.29 is 14.5 Å². The topological polar surface area (TPSA) is 84.7 Å². The van der Waals surface area contributed by atoms with Crippen LogP contribution in [0.4, 0.5) is 5.69 Å². The first-order valence-corrected chi connectivity index (χ1v) is 11.4. The van der Waals surface area contributed by atoms with E-state index in [-0.39, 0.29) is 10.8 Å². The zero-order valence-electron chi connectivity index (χ0n) is 17.9. The number of carbonyl (C=O) groups excluding carboxylic acids is 1. The molecule has 168 valence electrons. The molecule has 0 aliphatic carbocycles. The van der Waals surface area contributed by atoms with E-state index in [1.807, 2.05) is 65.6 Å². The quantitative estimate of drug-likeness (QED) is 0.404. The highest BCUT2D eigenvalue weighted by molar-refractivity contribution is 9.10.